The molecule has 0 bridgehead atoms. The summed E-state index contributed by atoms with van der Waals surface area (Å²) in [6.45, 7) is 4.46. The van der Waals surface area contributed by atoms with E-state index in [0.29, 0.717) is 0 Å². The van der Waals surface area contributed by atoms with E-state index in [9.17, 15) is 0 Å². The first-order valence-electron chi connectivity index (χ1n) is 8.38. The van der Waals surface area contributed by atoms with Crippen molar-refractivity contribution in [2.45, 2.75) is 26.3 Å². The SMILES string of the molecule is CC(C)(Cc1cccnc1-c1ccccc1)C(N)c1ccccc1. The summed E-state index contributed by atoms with van der Waals surface area (Å²) in [5, 5.41) is 0. The third-order valence-corrected chi connectivity index (χ3v) is 4.59. The van der Waals surface area contributed by atoms with Crippen molar-refractivity contribution >= 4 is 0 Å². The van der Waals surface area contributed by atoms with E-state index in [4.69, 9.17) is 5.73 Å². The molecule has 0 spiro atoms. The normalized spacial score (nSPS) is 12.8. The van der Waals surface area contributed by atoms with Gasteiger partial charge < -0.3 is 5.73 Å². The molecule has 0 radical (unpaired) electrons. The Labute approximate surface area is 144 Å². The first kappa shape index (κ1) is 16.4. The second-order valence-electron chi connectivity index (χ2n) is 6.93. The fourth-order valence-corrected chi connectivity index (χ4v) is 3.15. The van der Waals surface area contributed by atoms with Crippen LogP contribution in [0.25, 0.3) is 11.3 Å². The van der Waals surface area contributed by atoms with Gasteiger partial charge in [0.05, 0.1) is 5.69 Å². The lowest BCUT2D eigenvalue weighted by atomic mass is 9.76. The first-order valence-corrected chi connectivity index (χ1v) is 8.38. The van der Waals surface area contributed by atoms with Crippen LogP contribution in [0.5, 0.6) is 0 Å². The van der Waals surface area contributed by atoms with Crippen molar-refractivity contribution in [1.29, 1.82) is 0 Å². The van der Waals surface area contributed by atoms with Gasteiger partial charge in [0.15, 0.2) is 0 Å². The maximum absolute atomic E-state index is 6.59. The second kappa shape index (κ2) is 6.98. The minimum atomic E-state index is -0.0755. The maximum atomic E-state index is 6.59. The molecule has 2 heteroatoms. The Morgan fingerprint density at radius 2 is 1.50 bits per heavy atom. The minimum Gasteiger partial charge on any atom is -0.323 e. The molecule has 0 saturated carbocycles. The average molecular weight is 316 g/mol. The third kappa shape index (κ3) is 3.55. The molecule has 1 atom stereocenters. The Morgan fingerprint density at radius 1 is 0.875 bits per heavy atom. The summed E-state index contributed by atoms with van der Waals surface area (Å²) >= 11 is 0. The average Bonchev–Trinajstić information content (AvgIpc) is 2.63. The smallest absolute Gasteiger partial charge is 0.0734 e. The van der Waals surface area contributed by atoms with Crippen LogP contribution in [0.3, 0.4) is 0 Å². The van der Waals surface area contributed by atoms with E-state index in [-0.39, 0.29) is 11.5 Å². The highest BCUT2D eigenvalue weighted by atomic mass is 14.7. The van der Waals surface area contributed by atoms with Crippen LogP contribution in [0.15, 0.2) is 79.0 Å². The van der Waals surface area contributed by atoms with E-state index in [1.807, 2.05) is 36.5 Å². The number of nitrogens with zero attached hydrogens (tertiary/aromatic N) is 1. The van der Waals surface area contributed by atoms with Crippen molar-refractivity contribution in [2.24, 2.45) is 11.1 Å². The molecule has 2 nitrogen and oxygen atoms in total. The Bertz CT molecular complexity index is 779. The molecule has 1 aromatic heterocycles. The molecule has 0 aliphatic carbocycles. The van der Waals surface area contributed by atoms with Crippen LogP contribution in [0.2, 0.25) is 0 Å². The number of rotatable bonds is 5. The highest BCUT2D eigenvalue weighted by Gasteiger charge is 2.29. The Balaban J connectivity index is 1.91. The molecule has 1 unspecified atom stereocenters. The summed E-state index contributed by atoms with van der Waals surface area (Å²) in [6.07, 6.45) is 2.73. The Hall–Kier alpha value is -2.45. The zero-order valence-corrected chi connectivity index (χ0v) is 14.3. The number of hydrogen-bond donors (Lipinski definition) is 1. The quantitative estimate of drug-likeness (QED) is 0.718. The van der Waals surface area contributed by atoms with Gasteiger partial charge in [-0.25, -0.2) is 0 Å². The number of hydrogen-bond acceptors (Lipinski definition) is 2. The second-order valence-corrected chi connectivity index (χ2v) is 6.93. The molecular formula is C22H24N2. The summed E-state index contributed by atoms with van der Waals surface area (Å²) in [6, 6.07) is 24.8. The molecule has 2 N–H and O–H groups in total. The first-order chi connectivity index (χ1) is 11.6. The van der Waals surface area contributed by atoms with Gasteiger partial charge >= 0.3 is 0 Å². The van der Waals surface area contributed by atoms with E-state index in [1.54, 1.807) is 0 Å². The molecule has 24 heavy (non-hydrogen) atoms. The molecule has 0 aliphatic heterocycles. The Kier molecular flexibility index (Phi) is 4.77. The summed E-state index contributed by atoms with van der Waals surface area (Å²) in [4.78, 5) is 4.62. The molecule has 0 aliphatic rings. The standard InChI is InChI=1S/C22H24N2/c1-22(2,21(23)18-12-7-4-8-13-18)16-19-14-9-15-24-20(19)17-10-5-3-6-11-17/h3-15,21H,16,23H2,1-2H3. The topological polar surface area (TPSA) is 38.9 Å². The van der Waals surface area contributed by atoms with Crippen LogP contribution >= 0.6 is 0 Å². The highest BCUT2D eigenvalue weighted by Crippen LogP contribution is 2.36. The number of benzene rings is 2. The zero-order chi connectivity index (χ0) is 17.0. The van der Waals surface area contributed by atoms with E-state index in [1.165, 1.54) is 11.1 Å². The van der Waals surface area contributed by atoms with Crippen LogP contribution in [-0.2, 0) is 6.42 Å². The summed E-state index contributed by atoms with van der Waals surface area (Å²) in [5.41, 5.74) is 11.1. The summed E-state index contributed by atoms with van der Waals surface area (Å²) in [7, 11) is 0. The number of nitrogens with two attached hydrogens (primary N) is 1. The van der Waals surface area contributed by atoms with Crippen LogP contribution < -0.4 is 5.73 Å². The van der Waals surface area contributed by atoms with Gasteiger partial charge in [0, 0.05) is 17.8 Å². The molecule has 0 amide bonds. The van der Waals surface area contributed by atoms with Crippen LogP contribution in [0.1, 0.15) is 31.0 Å². The van der Waals surface area contributed by atoms with Crippen LogP contribution in [-0.4, -0.2) is 4.98 Å². The summed E-state index contributed by atoms with van der Waals surface area (Å²) in [5.74, 6) is 0. The van der Waals surface area contributed by atoms with Gasteiger partial charge in [0.25, 0.3) is 0 Å². The molecule has 122 valence electrons. The Morgan fingerprint density at radius 3 is 2.17 bits per heavy atom. The van der Waals surface area contributed by atoms with Gasteiger partial charge in [0.2, 0.25) is 0 Å². The van der Waals surface area contributed by atoms with E-state index < -0.39 is 0 Å². The van der Waals surface area contributed by atoms with Gasteiger partial charge in [0.1, 0.15) is 0 Å². The fourth-order valence-electron chi connectivity index (χ4n) is 3.15. The predicted octanol–water partition coefficient (Wildman–Crippen LogP) is 5.02. The maximum Gasteiger partial charge on any atom is 0.0734 e. The molecule has 3 rings (SSSR count). The molecule has 3 aromatic rings. The van der Waals surface area contributed by atoms with Gasteiger partial charge in [-0.1, -0.05) is 80.6 Å². The summed E-state index contributed by atoms with van der Waals surface area (Å²) < 4.78 is 0. The molecular weight excluding hydrogens is 292 g/mol. The monoisotopic (exact) mass is 316 g/mol. The number of aromatic nitrogens is 1. The lowest BCUT2D eigenvalue weighted by molar-refractivity contribution is 0.287. The van der Waals surface area contributed by atoms with Crippen molar-refractivity contribution in [1.82, 2.24) is 4.98 Å². The van der Waals surface area contributed by atoms with Gasteiger partial charge in [-0.05, 0) is 29.0 Å². The zero-order valence-electron chi connectivity index (χ0n) is 14.3. The number of pyridine rings is 1. The van der Waals surface area contributed by atoms with Crippen LogP contribution in [0, 0.1) is 5.41 Å². The van der Waals surface area contributed by atoms with Crippen molar-refractivity contribution < 1.29 is 0 Å². The minimum absolute atomic E-state index is 0.0254. The largest absolute Gasteiger partial charge is 0.323 e. The van der Waals surface area contributed by atoms with E-state index >= 15 is 0 Å². The van der Waals surface area contributed by atoms with Gasteiger partial charge in [-0.3, -0.25) is 4.98 Å². The highest BCUT2D eigenvalue weighted by molar-refractivity contribution is 5.62. The molecule has 2 aromatic carbocycles. The van der Waals surface area contributed by atoms with Crippen molar-refractivity contribution in [3.63, 3.8) is 0 Å². The van der Waals surface area contributed by atoms with Crippen molar-refractivity contribution in [3.8, 4) is 11.3 Å². The lowest BCUT2D eigenvalue weighted by Gasteiger charge is -2.32. The van der Waals surface area contributed by atoms with Crippen LogP contribution in [0.4, 0.5) is 0 Å². The van der Waals surface area contributed by atoms with Crippen molar-refractivity contribution in [3.05, 3.63) is 90.1 Å². The predicted molar refractivity (Wildman–Crippen MR) is 101 cm³/mol. The third-order valence-electron chi connectivity index (χ3n) is 4.59. The van der Waals surface area contributed by atoms with E-state index in [2.05, 4.69) is 61.3 Å². The van der Waals surface area contributed by atoms with Gasteiger partial charge in [-0.2, -0.15) is 0 Å². The fraction of sp³-hybridized carbons (Fsp3) is 0.227. The van der Waals surface area contributed by atoms with Gasteiger partial charge in [-0.15, -0.1) is 0 Å². The lowest BCUT2D eigenvalue weighted by Crippen LogP contribution is -2.31. The van der Waals surface area contributed by atoms with Crippen molar-refractivity contribution in [2.75, 3.05) is 0 Å². The van der Waals surface area contributed by atoms with E-state index in [0.717, 1.165) is 17.7 Å². The molecule has 0 saturated heterocycles. The molecule has 0 fully saturated rings. The molecule has 1 heterocycles.